The average Bonchev–Trinajstić information content (AvgIpc) is 3.27. The molecule has 0 aliphatic heterocycles. The summed E-state index contributed by atoms with van der Waals surface area (Å²) in [6.45, 7) is 0.401. The molecule has 0 unspecified atom stereocenters. The molecular weight excluding hydrogens is 320 g/mol. The third-order valence-electron chi connectivity index (χ3n) is 3.63. The van der Waals surface area contributed by atoms with Gasteiger partial charge < -0.3 is 5.32 Å². The Kier molecular flexibility index (Phi) is 3.80. The van der Waals surface area contributed by atoms with E-state index in [2.05, 4.69) is 20.5 Å². The van der Waals surface area contributed by atoms with Crippen LogP contribution in [-0.2, 0) is 6.54 Å². The van der Waals surface area contributed by atoms with E-state index in [4.69, 9.17) is 0 Å². The number of hydrogen-bond acceptors (Lipinski definition) is 4. The lowest BCUT2D eigenvalue weighted by molar-refractivity contribution is 0.0946. The van der Waals surface area contributed by atoms with Crippen molar-refractivity contribution in [2.24, 2.45) is 0 Å². The number of para-hydroxylation sites is 1. The maximum Gasteiger partial charge on any atom is 0.269 e. The number of aromatic nitrogens is 3. The summed E-state index contributed by atoms with van der Waals surface area (Å²) < 4.78 is 1.12. The highest BCUT2D eigenvalue weighted by atomic mass is 32.1. The monoisotopic (exact) mass is 334 g/mol. The molecule has 0 bridgehead atoms. The number of carbonyl (C=O) groups is 1. The van der Waals surface area contributed by atoms with Gasteiger partial charge in [0.25, 0.3) is 5.91 Å². The summed E-state index contributed by atoms with van der Waals surface area (Å²) in [5.74, 6) is -0.191. The van der Waals surface area contributed by atoms with Crippen LogP contribution in [0.1, 0.15) is 15.5 Å². The van der Waals surface area contributed by atoms with Crippen LogP contribution in [0.25, 0.3) is 21.5 Å². The summed E-state index contributed by atoms with van der Waals surface area (Å²) in [6.07, 6.45) is 0. The van der Waals surface area contributed by atoms with Crippen LogP contribution in [0.2, 0.25) is 0 Å². The van der Waals surface area contributed by atoms with E-state index in [9.17, 15) is 4.79 Å². The molecule has 118 valence electrons. The van der Waals surface area contributed by atoms with Crippen molar-refractivity contribution < 1.29 is 4.79 Å². The Hall–Kier alpha value is -2.99. The molecule has 0 aliphatic rings. The molecule has 0 aliphatic carbocycles. The quantitative estimate of drug-likeness (QED) is 0.599. The van der Waals surface area contributed by atoms with Crippen molar-refractivity contribution >= 4 is 27.5 Å². The Morgan fingerprint density at radius 3 is 2.71 bits per heavy atom. The lowest BCUT2D eigenvalue weighted by Crippen LogP contribution is -2.23. The Morgan fingerprint density at radius 1 is 1.08 bits per heavy atom. The van der Waals surface area contributed by atoms with Crippen molar-refractivity contribution in [3.05, 3.63) is 71.4 Å². The highest BCUT2D eigenvalue weighted by Gasteiger charge is 2.11. The van der Waals surface area contributed by atoms with Gasteiger partial charge in [0.1, 0.15) is 10.7 Å². The molecule has 0 spiro atoms. The fourth-order valence-electron chi connectivity index (χ4n) is 2.44. The molecule has 2 N–H and O–H groups in total. The third-order valence-corrected chi connectivity index (χ3v) is 4.67. The lowest BCUT2D eigenvalue weighted by Gasteiger charge is -1.99. The van der Waals surface area contributed by atoms with Crippen LogP contribution in [0.4, 0.5) is 0 Å². The summed E-state index contributed by atoms with van der Waals surface area (Å²) in [4.78, 5) is 16.8. The van der Waals surface area contributed by atoms with Crippen LogP contribution in [0.5, 0.6) is 0 Å². The van der Waals surface area contributed by atoms with Gasteiger partial charge in [0.2, 0.25) is 0 Å². The third kappa shape index (κ3) is 2.91. The predicted octanol–water partition coefficient (Wildman–Crippen LogP) is 3.62. The molecule has 4 rings (SSSR count). The van der Waals surface area contributed by atoms with Gasteiger partial charge in [0.15, 0.2) is 0 Å². The Bertz CT molecular complexity index is 957. The number of amides is 1. The normalized spacial score (nSPS) is 10.8. The molecule has 0 saturated carbocycles. The van der Waals surface area contributed by atoms with Crippen molar-refractivity contribution in [3.63, 3.8) is 0 Å². The van der Waals surface area contributed by atoms with Crippen LogP contribution in [-0.4, -0.2) is 21.1 Å². The van der Waals surface area contributed by atoms with Gasteiger partial charge in [-0.1, -0.05) is 42.5 Å². The largest absolute Gasteiger partial charge is 0.344 e. The van der Waals surface area contributed by atoms with Gasteiger partial charge in [0.05, 0.1) is 22.5 Å². The summed E-state index contributed by atoms with van der Waals surface area (Å²) >= 11 is 1.58. The zero-order valence-electron chi connectivity index (χ0n) is 12.7. The maximum absolute atomic E-state index is 12.3. The number of fused-ring (bicyclic) bond motifs is 1. The van der Waals surface area contributed by atoms with Crippen molar-refractivity contribution in [3.8, 4) is 11.3 Å². The second-order valence-corrected chi connectivity index (χ2v) is 6.41. The minimum atomic E-state index is -0.191. The molecular formula is C18H14N4OS. The van der Waals surface area contributed by atoms with Crippen molar-refractivity contribution in [2.75, 3.05) is 0 Å². The molecule has 0 saturated heterocycles. The number of nitrogens with one attached hydrogen (secondary N) is 2. The number of rotatable bonds is 4. The first kappa shape index (κ1) is 14.6. The van der Waals surface area contributed by atoms with E-state index in [0.29, 0.717) is 12.2 Å². The van der Waals surface area contributed by atoms with E-state index in [1.807, 2.05) is 54.6 Å². The number of hydrogen-bond donors (Lipinski definition) is 2. The van der Waals surface area contributed by atoms with Crippen LogP contribution < -0.4 is 5.32 Å². The van der Waals surface area contributed by atoms with Gasteiger partial charge in [-0.05, 0) is 18.2 Å². The summed E-state index contributed by atoms with van der Waals surface area (Å²) in [5.41, 5.74) is 3.12. The standard InChI is InChI=1S/C18H14N4OS/c23-18(15-10-14(21-22-15)12-6-2-1-3-7-12)19-11-17-20-13-8-4-5-9-16(13)24-17/h1-10H,11H2,(H,19,23)(H,21,22). The van der Waals surface area contributed by atoms with Gasteiger partial charge in [-0.25, -0.2) is 4.98 Å². The molecule has 2 aromatic heterocycles. The topological polar surface area (TPSA) is 70.7 Å². The van der Waals surface area contributed by atoms with E-state index in [-0.39, 0.29) is 5.91 Å². The first-order valence-corrected chi connectivity index (χ1v) is 8.35. The molecule has 24 heavy (non-hydrogen) atoms. The summed E-state index contributed by atoms with van der Waals surface area (Å²) in [6, 6.07) is 19.4. The molecule has 0 fully saturated rings. The molecule has 2 heterocycles. The highest BCUT2D eigenvalue weighted by molar-refractivity contribution is 7.18. The Morgan fingerprint density at radius 2 is 1.88 bits per heavy atom. The van der Waals surface area contributed by atoms with E-state index in [1.165, 1.54) is 0 Å². The number of nitrogens with zero attached hydrogens (tertiary/aromatic N) is 2. The van der Waals surface area contributed by atoms with E-state index >= 15 is 0 Å². The van der Waals surface area contributed by atoms with Crippen LogP contribution in [0, 0.1) is 0 Å². The fourth-order valence-corrected chi connectivity index (χ4v) is 3.35. The number of carbonyl (C=O) groups excluding carboxylic acids is 1. The summed E-state index contributed by atoms with van der Waals surface area (Å²) in [7, 11) is 0. The SMILES string of the molecule is O=C(NCc1nc2ccccc2s1)c1cc(-c2ccccc2)n[nH]1. The Labute approximate surface area is 142 Å². The second kappa shape index (κ2) is 6.25. The number of thiazole rings is 1. The molecule has 4 aromatic rings. The lowest BCUT2D eigenvalue weighted by atomic mass is 10.1. The van der Waals surface area contributed by atoms with Crippen molar-refractivity contribution in [1.29, 1.82) is 0 Å². The highest BCUT2D eigenvalue weighted by Crippen LogP contribution is 2.21. The summed E-state index contributed by atoms with van der Waals surface area (Å²) in [5, 5.41) is 10.7. The molecule has 1 amide bonds. The van der Waals surface area contributed by atoms with Crippen LogP contribution >= 0.6 is 11.3 Å². The molecule has 2 aromatic carbocycles. The number of H-pyrrole nitrogens is 1. The molecule has 5 nitrogen and oxygen atoms in total. The zero-order chi connectivity index (χ0) is 16.4. The van der Waals surface area contributed by atoms with E-state index < -0.39 is 0 Å². The zero-order valence-corrected chi connectivity index (χ0v) is 13.5. The van der Waals surface area contributed by atoms with Gasteiger partial charge in [-0.2, -0.15) is 5.10 Å². The molecule has 0 radical (unpaired) electrons. The molecule has 6 heteroatoms. The van der Waals surface area contributed by atoms with E-state index in [1.54, 1.807) is 17.4 Å². The van der Waals surface area contributed by atoms with Gasteiger partial charge >= 0.3 is 0 Å². The van der Waals surface area contributed by atoms with Crippen LogP contribution in [0.3, 0.4) is 0 Å². The minimum absolute atomic E-state index is 0.191. The van der Waals surface area contributed by atoms with Crippen molar-refractivity contribution in [1.82, 2.24) is 20.5 Å². The molecule has 0 atom stereocenters. The number of aromatic amines is 1. The fraction of sp³-hybridized carbons (Fsp3) is 0.0556. The number of benzene rings is 2. The predicted molar refractivity (Wildman–Crippen MR) is 94.8 cm³/mol. The second-order valence-electron chi connectivity index (χ2n) is 5.29. The first-order valence-electron chi connectivity index (χ1n) is 7.53. The first-order chi connectivity index (χ1) is 11.8. The average molecular weight is 334 g/mol. The van der Waals surface area contributed by atoms with Gasteiger partial charge in [-0.3, -0.25) is 9.89 Å². The van der Waals surface area contributed by atoms with Crippen LogP contribution in [0.15, 0.2) is 60.7 Å². The van der Waals surface area contributed by atoms with Crippen molar-refractivity contribution in [2.45, 2.75) is 6.54 Å². The minimum Gasteiger partial charge on any atom is -0.344 e. The van der Waals surface area contributed by atoms with Gasteiger partial charge in [0, 0.05) is 5.56 Å². The smallest absolute Gasteiger partial charge is 0.269 e. The van der Waals surface area contributed by atoms with Gasteiger partial charge in [-0.15, -0.1) is 11.3 Å². The Balaban J connectivity index is 1.45. The van der Waals surface area contributed by atoms with E-state index in [0.717, 1.165) is 26.5 Å². The maximum atomic E-state index is 12.3.